The van der Waals surface area contributed by atoms with E-state index in [4.69, 9.17) is 8.83 Å². The third-order valence-electron chi connectivity index (χ3n) is 11.6. The summed E-state index contributed by atoms with van der Waals surface area (Å²) in [6, 6.07) is 48.3. The van der Waals surface area contributed by atoms with Crippen molar-refractivity contribution < 1.29 is 8.83 Å². The zero-order valence-electron chi connectivity index (χ0n) is 28.4. The molecule has 0 saturated heterocycles. The van der Waals surface area contributed by atoms with Crippen LogP contribution < -0.4 is 0 Å². The van der Waals surface area contributed by atoms with Gasteiger partial charge in [0.1, 0.15) is 22.3 Å². The Morgan fingerprint density at radius 2 is 1.08 bits per heavy atom. The Labute approximate surface area is 306 Å². The van der Waals surface area contributed by atoms with E-state index in [1.165, 1.54) is 42.5 Å². The third kappa shape index (κ3) is 3.64. The molecule has 5 heterocycles. The number of fused-ring (bicyclic) bond motifs is 17. The molecule has 53 heavy (non-hydrogen) atoms. The molecule has 0 N–H and O–H groups in total. The van der Waals surface area contributed by atoms with Crippen molar-refractivity contribution in [2.45, 2.75) is 12.8 Å². The lowest BCUT2D eigenvalue weighted by Crippen LogP contribution is -1.94. The summed E-state index contributed by atoms with van der Waals surface area (Å²) in [5, 5.41) is 10.5. The van der Waals surface area contributed by atoms with Crippen molar-refractivity contribution in [1.82, 2.24) is 9.13 Å². The van der Waals surface area contributed by atoms with Crippen LogP contribution in [0.15, 0.2) is 148 Å². The number of aromatic nitrogens is 2. The van der Waals surface area contributed by atoms with Gasteiger partial charge in [-0.3, -0.25) is 0 Å². The van der Waals surface area contributed by atoms with E-state index in [-0.39, 0.29) is 0 Å². The molecule has 0 radical (unpaired) electrons. The zero-order valence-corrected chi connectivity index (χ0v) is 29.2. The molecule has 7 aromatic carbocycles. The number of furan rings is 2. The Morgan fingerprint density at radius 3 is 1.79 bits per heavy atom. The van der Waals surface area contributed by atoms with Gasteiger partial charge in [-0.2, -0.15) is 0 Å². The standard InChI is InChI=1S/C48H28N2O2S/c1-5-13-37-33(11-1)45-39(49(37)27-17-23-42-35(25-27)29-9-3-7-15-41(29)51-42)21-19-31-32-20-22-40-46(48(32)52-47(31)45)34-12-2-6-14-38(34)50(40)28-18-24-44-36(26-28)30-10-4-8-16-43(30)53-44/h1-3,5-9,11-26H,4,10H2. The summed E-state index contributed by atoms with van der Waals surface area (Å²) in [4.78, 5) is 1.40. The first-order chi connectivity index (χ1) is 26.3. The second kappa shape index (κ2) is 10.1. The summed E-state index contributed by atoms with van der Waals surface area (Å²) in [6.07, 6.45) is 6.81. The van der Waals surface area contributed by atoms with Crippen molar-refractivity contribution in [3.05, 3.63) is 150 Å². The molecule has 0 aliphatic heterocycles. The molecule has 12 aromatic rings. The average molecular weight is 697 g/mol. The van der Waals surface area contributed by atoms with Crippen molar-refractivity contribution in [2.24, 2.45) is 0 Å². The molecule has 0 amide bonds. The van der Waals surface area contributed by atoms with Crippen molar-refractivity contribution >= 4 is 115 Å². The fraction of sp³-hybridized carbons (Fsp3) is 0.0417. The summed E-state index contributed by atoms with van der Waals surface area (Å²) in [5.41, 5.74) is 12.0. The molecule has 1 aliphatic rings. The maximum absolute atomic E-state index is 7.19. The smallest absolute Gasteiger partial charge is 0.145 e. The van der Waals surface area contributed by atoms with Gasteiger partial charge in [0.2, 0.25) is 0 Å². The van der Waals surface area contributed by atoms with Gasteiger partial charge >= 0.3 is 0 Å². The Hall–Kier alpha value is -6.56. The number of aryl methyl sites for hydroxylation is 1. The second-order valence-corrected chi connectivity index (χ2v) is 15.4. The topological polar surface area (TPSA) is 36.1 Å². The molecular formula is C48H28N2O2S. The van der Waals surface area contributed by atoms with E-state index >= 15 is 0 Å². The molecule has 0 atom stereocenters. The fourth-order valence-corrected chi connectivity index (χ4v) is 10.5. The molecule has 13 rings (SSSR count). The summed E-state index contributed by atoms with van der Waals surface area (Å²) < 4.78 is 19.5. The number of allylic oxidation sites excluding steroid dienone is 1. The first-order valence-corrected chi connectivity index (χ1v) is 19.0. The van der Waals surface area contributed by atoms with Crippen molar-refractivity contribution in [2.75, 3.05) is 0 Å². The van der Waals surface area contributed by atoms with Gasteiger partial charge in [-0.1, -0.05) is 60.7 Å². The van der Waals surface area contributed by atoms with Gasteiger partial charge in [0.25, 0.3) is 0 Å². The van der Waals surface area contributed by atoms with Crippen molar-refractivity contribution in [3.63, 3.8) is 0 Å². The first kappa shape index (κ1) is 28.1. The van der Waals surface area contributed by atoms with Gasteiger partial charge < -0.3 is 18.0 Å². The van der Waals surface area contributed by atoms with Crippen LogP contribution in [0.2, 0.25) is 0 Å². The molecule has 248 valence electrons. The number of benzene rings is 7. The molecule has 0 unspecified atom stereocenters. The molecule has 0 spiro atoms. The number of thiophene rings is 1. The van der Waals surface area contributed by atoms with Crippen LogP contribution in [0.3, 0.4) is 0 Å². The second-order valence-electron chi connectivity index (χ2n) is 14.3. The van der Waals surface area contributed by atoms with Crippen LogP contribution in [0.4, 0.5) is 0 Å². The quantitative estimate of drug-likeness (QED) is 0.180. The van der Waals surface area contributed by atoms with Crippen molar-refractivity contribution in [1.29, 1.82) is 0 Å². The molecular weight excluding hydrogens is 669 g/mol. The molecule has 0 saturated carbocycles. The van der Waals surface area contributed by atoms with Crippen LogP contribution >= 0.6 is 11.3 Å². The number of rotatable bonds is 2. The molecule has 5 aromatic heterocycles. The minimum absolute atomic E-state index is 0.894. The van der Waals surface area contributed by atoms with Gasteiger partial charge in [-0.05, 0) is 109 Å². The lowest BCUT2D eigenvalue weighted by atomic mass is 10.0. The zero-order chi connectivity index (χ0) is 34.4. The Morgan fingerprint density at radius 1 is 0.472 bits per heavy atom. The summed E-state index contributed by atoms with van der Waals surface area (Å²) >= 11 is 1.90. The third-order valence-corrected chi connectivity index (χ3v) is 12.8. The SMILES string of the molecule is C1=Cc2sc3ccc(-n4c5ccccc5c5c6oc7c(ccc8c7c7ccccc7n8-c7ccc8oc9ccccc9c8c7)c6ccc54)cc3c2CC1. The number of hydrogen-bond acceptors (Lipinski definition) is 3. The monoisotopic (exact) mass is 696 g/mol. The molecule has 0 fully saturated rings. The highest BCUT2D eigenvalue weighted by molar-refractivity contribution is 7.20. The summed E-state index contributed by atoms with van der Waals surface area (Å²) in [5.74, 6) is 0. The molecule has 0 bridgehead atoms. The highest BCUT2D eigenvalue weighted by Crippen LogP contribution is 2.46. The lowest BCUT2D eigenvalue weighted by molar-refractivity contribution is 0.669. The van der Waals surface area contributed by atoms with E-state index < -0.39 is 0 Å². The average Bonchev–Trinajstić information content (AvgIpc) is 4.01. The highest BCUT2D eigenvalue weighted by atomic mass is 32.1. The van der Waals surface area contributed by atoms with E-state index in [2.05, 4.69) is 143 Å². The van der Waals surface area contributed by atoms with Gasteiger partial charge in [0, 0.05) is 53.3 Å². The predicted octanol–water partition coefficient (Wildman–Crippen LogP) is 13.9. The van der Waals surface area contributed by atoms with Crippen LogP contribution in [-0.2, 0) is 6.42 Å². The Balaban J connectivity index is 1.09. The summed E-state index contributed by atoms with van der Waals surface area (Å²) in [6.45, 7) is 0. The molecule has 1 aliphatic carbocycles. The minimum Gasteiger partial charge on any atom is -0.456 e. The number of para-hydroxylation sites is 3. The normalized spacial score (nSPS) is 13.4. The van der Waals surface area contributed by atoms with Crippen LogP contribution in [0, 0.1) is 0 Å². The molecule has 4 nitrogen and oxygen atoms in total. The fourth-order valence-electron chi connectivity index (χ4n) is 9.31. The van der Waals surface area contributed by atoms with Crippen LogP contribution in [0.1, 0.15) is 16.9 Å². The highest BCUT2D eigenvalue weighted by Gasteiger charge is 2.23. The minimum atomic E-state index is 0.894. The lowest BCUT2D eigenvalue weighted by Gasteiger charge is -2.09. The van der Waals surface area contributed by atoms with Gasteiger partial charge in [0.05, 0.1) is 32.8 Å². The number of nitrogens with zero attached hydrogens (tertiary/aromatic N) is 2. The number of hydrogen-bond donors (Lipinski definition) is 0. The van der Waals surface area contributed by atoms with Crippen LogP contribution in [-0.4, -0.2) is 9.13 Å². The Bertz CT molecular complexity index is 3580. The largest absolute Gasteiger partial charge is 0.456 e. The van der Waals surface area contributed by atoms with Gasteiger partial charge in [-0.15, -0.1) is 11.3 Å². The van der Waals surface area contributed by atoms with E-state index in [1.54, 1.807) is 0 Å². The van der Waals surface area contributed by atoms with Gasteiger partial charge in [0.15, 0.2) is 0 Å². The van der Waals surface area contributed by atoms with E-state index in [0.29, 0.717) is 0 Å². The van der Waals surface area contributed by atoms with Crippen LogP contribution in [0.25, 0.3) is 115 Å². The maximum atomic E-state index is 7.19. The van der Waals surface area contributed by atoms with Crippen molar-refractivity contribution in [3.8, 4) is 11.4 Å². The van der Waals surface area contributed by atoms with E-state index in [1.807, 2.05) is 23.5 Å². The Kier molecular flexibility index (Phi) is 5.33. The summed E-state index contributed by atoms with van der Waals surface area (Å²) in [7, 11) is 0. The predicted molar refractivity (Wildman–Crippen MR) is 222 cm³/mol. The maximum Gasteiger partial charge on any atom is 0.145 e. The first-order valence-electron chi connectivity index (χ1n) is 18.2. The van der Waals surface area contributed by atoms with Gasteiger partial charge in [-0.25, -0.2) is 0 Å². The van der Waals surface area contributed by atoms with E-state index in [0.717, 1.165) is 89.7 Å². The van der Waals surface area contributed by atoms with Crippen LogP contribution in [0.5, 0.6) is 0 Å². The van der Waals surface area contributed by atoms with E-state index in [9.17, 15) is 0 Å². The molecule has 5 heteroatoms.